The highest BCUT2D eigenvalue weighted by Crippen LogP contribution is 2.21. The van der Waals surface area contributed by atoms with E-state index in [0.29, 0.717) is 6.54 Å². The standard InChI is InChI=1S/C13H24N2O4/c1-3-9(6-12(16)17)8-14-13(18)15-10-4-5-11(7-10)19-2/h9-11H,3-8H2,1-2H3,(H,16,17)(H2,14,15,18). The third kappa shape index (κ3) is 5.92. The van der Waals surface area contributed by atoms with Gasteiger partial charge in [0.15, 0.2) is 0 Å². The maximum absolute atomic E-state index is 11.7. The molecule has 1 saturated carbocycles. The molecule has 3 unspecified atom stereocenters. The Hall–Kier alpha value is -1.30. The second kappa shape index (κ2) is 7.99. The van der Waals surface area contributed by atoms with Crippen molar-refractivity contribution in [1.82, 2.24) is 10.6 Å². The molecule has 0 bridgehead atoms. The smallest absolute Gasteiger partial charge is 0.315 e. The van der Waals surface area contributed by atoms with Gasteiger partial charge in [0.25, 0.3) is 0 Å². The highest BCUT2D eigenvalue weighted by Gasteiger charge is 2.25. The molecular weight excluding hydrogens is 248 g/mol. The summed E-state index contributed by atoms with van der Waals surface area (Å²) in [5, 5.41) is 14.4. The topological polar surface area (TPSA) is 87.7 Å². The summed E-state index contributed by atoms with van der Waals surface area (Å²) < 4.78 is 5.25. The van der Waals surface area contributed by atoms with Crippen molar-refractivity contribution < 1.29 is 19.4 Å². The van der Waals surface area contributed by atoms with Gasteiger partial charge in [0.2, 0.25) is 0 Å². The number of hydrogen-bond donors (Lipinski definition) is 3. The van der Waals surface area contributed by atoms with Crippen LogP contribution in [0.5, 0.6) is 0 Å². The molecule has 19 heavy (non-hydrogen) atoms. The predicted molar refractivity (Wildman–Crippen MR) is 71.0 cm³/mol. The van der Waals surface area contributed by atoms with Crippen LogP contribution in [0.25, 0.3) is 0 Å². The molecule has 2 amide bonds. The number of methoxy groups -OCH3 is 1. The number of ether oxygens (including phenoxy) is 1. The van der Waals surface area contributed by atoms with Crippen molar-refractivity contribution >= 4 is 12.0 Å². The summed E-state index contributed by atoms with van der Waals surface area (Å²) in [6.07, 6.45) is 3.81. The second-order valence-electron chi connectivity index (χ2n) is 5.09. The van der Waals surface area contributed by atoms with Gasteiger partial charge in [0, 0.05) is 26.1 Å². The first-order valence-corrected chi connectivity index (χ1v) is 6.84. The Balaban J connectivity index is 2.22. The summed E-state index contributed by atoms with van der Waals surface area (Å²) in [6, 6.07) is -0.0601. The Kier molecular flexibility index (Phi) is 6.62. The van der Waals surface area contributed by atoms with Gasteiger partial charge < -0.3 is 20.5 Å². The van der Waals surface area contributed by atoms with Gasteiger partial charge in [0.05, 0.1) is 6.10 Å². The highest BCUT2D eigenvalue weighted by atomic mass is 16.5. The average Bonchev–Trinajstić information content (AvgIpc) is 2.81. The molecule has 3 atom stereocenters. The number of hydrogen-bond acceptors (Lipinski definition) is 3. The van der Waals surface area contributed by atoms with Crippen molar-refractivity contribution in [3.8, 4) is 0 Å². The Labute approximate surface area is 113 Å². The van der Waals surface area contributed by atoms with Gasteiger partial charge in [-0.3, -0.25) is 4.79 Å². The van der Waals surface area contributed by atoms with E-state index in [1.54, 1.807) is 7.11 Å². The Bertz CT molecular complexity index is 309. The number of aliphatic carboxylic acids is 1. The van der Waals surface area contributed by atoms with Crippen molar-refractivity contribution in [3.05, 3.63) is 0 Å². The Morgan fingerprint density at radius 1 is 1.42 bits per heavy atom. The van der Waals surface area contributed by atoms with E-state index in [0.717, 1.165) is 25.7 Å². The zero-order chi connectivity index (χ0) is 14.3. The summed E-state index contributed by atoms with van der Waals surface area (Å²) in [6.45, 7) is 2.32. The lowest BCUT2D eigenvalue weighted by molar-refractivity contribution is -0.138. The fourth-order valence-corrected chi connectivity index (χ4v) is 2.37. The van der Waals surface area contributed by atoms with Crippen molar-refractivity contribution in [2.75, 3.05) is 13.7 Å². The fraction of sp³-hybridized carbons (Fsp3) is 0.846. The first-order chi connectivity index (χ1) is 9.05. The lowest BCUT2D eigenvalue weighted by atomic mass is 10.0. The molecule has 110 valence electrons. The average molecular weight is 272 g/mol. The molecule has 1 aliphatic carbocycles. The SMILES string of the molecule is CCC(CNC(=O)NC1CCC(OC)C1)CC(=O)O. The zero-order valence-electron chi connectivity index (χ0n) is 11.6. The molecular formula is C13H24N2O4. The molecule has 1 fully saturated rings. The minimum absolute atomic E-state index is 0.0152. The van der Waals surface area contributed by atoms with Crippen LogP contribution in [-0.4, -0.2) is 42.9 Å². The second-order valence-corrected chi connectivity index (χ2v) is 5.09. The van der Waals surface area contributed by atoms with Gasteiger partial charge in [-0.15, -0.1) is 0 Å². The van der Waals surface area contributed by atoms with Crippen LogP contribution in [0.1, 0.15) is 39.0 Å². The number of carbonyl (C=O) groups is 2. The van der Waals surface area contributed by atoms with E-state index in [-0.39, 0.29) is 30.5 Å². The molecule has 1 aliphatic rings. The maximum atomic E-state index is 11.7. The molecule has 0 radical (unpaired) electrons. The van der Waals surface area contributed by atoms with Crippen molar-refractivity contribution in [1.29, 1.82) is 0 Å². The van der Waals surface area contributed by atoms with E-state index >= 15 is 0 Å². The minimum atomic E-state index is -0.826. The van der Waals surface area contributed by atoms with Crippen molar-refractivity contribution in [2.24, 2.45) is 5.92 Å². The molecule has 6 heteroatoms. The maximum Gasteiger partial charge on any atom is 0.315 e. The van der Waals surface area contributed by atoms with Crippen LogP contribution in [0, 0.1) is 5.92 Å². The van der Waals surface area contributed by atoms with Crippen LogP contribution in [-0.2, 0) is 9.53 Å². The molecule has 0 heterocycles. The molecule has 6 nitrogen and oxygen atoms in total. The van der Waals surface area contributed by atoms with E-state index in [2.05, 4.69) is 10.6 Å². The van der Waals surface area contributed by atoms with Gasteiger partial charge in [-0.25, -0.2) is 4.79 Å². The Morgan fingerprint density at radius 3 is 2.68 bits per heavy atom. The number of carboxylic acids is 1. The van der Waals surface area contributed by atoms with Crippen LogP contribution < -0.4 is 10.6 Å². The lowest BCUT2D eigenvalue weighted by Crippen LogP contribution is -2.43. The van der Waals surface area contributed by atoms with E-state index in [1.165, 1.54) is 0 Å². The largest absolute Gasteiger partial charge is 0.481 e. The van der Waals surface area contributed by atoms with E-state index in [1.807, 2.05) is 6.92 Å². The summed E-state index contributed by atoms with van der Waals surface area (Å²) >= 11 is 0. The Morgan fingerprint density at radius 2 is 2.16 bits per heavy atom. The molecule has 0 aromatic rings. The normalized spacial score (nSPS) is 23.9. The molecule has 3 N–H and O–H groups in total. The van der Waals surface area contributed by atoms with Crippen LogP contribution >= 0.6 is 0 Å². The van der Waals surface area contributed by atoms with Crippen molar-refractivity contribution in [3.63, 3.8) is 0 Å². The molecule has 0 aromatic heterocycles. The molecule has 0 saturated heterocycles. The quantitative estimate of drug-likeness (QED) is 0.653. The van der Waals surface area contributed by atoms with Gasteiger partial charge in [0.1, 0.15) is 0 Å². The zero-order valence-corrected chi connectivity index (χ0v) is 11.6. The van der Waals surface area contributed by atoms with Crippen LogP contribution in [0.2, 0.25) is 0 Å². The highest BCUT2D eigenvalue weighted by molar-refractivity contribution is 5.74. The predicted octanol–water partition coefficient (Wildman–Crippen LogP) is 1.35. The van der Waals surface area contributed by atoms with Gasteiger partial charge >= 0.3 is 12.0 Å². The summed E-state index contributed by atoms with van der Waals surface area (Å²) in [5.74, 6) is -0.841. The third-order valence-electron chi connectivity index (χ3n) is 3.65. The monoisotopic (exact) mass is 272 g/mol. The van der Waals surface area contributed by atoms with E-state index in [9.17, 15) is 9.59 Å². The van der Waals surface area contributed by atoms with E-state index in [4.69, 9.17) is 9.84 Å². The fourth-order valence-electron chi connectivity index (χ4n) is 2.37. The molecule has 1 rings (SSSR count). The third-order valence-corrected chi connectivity index (χ3v) is 3.65. The number of nitrogens with one attached hydrogen (secondary N) is 2. The summed E-state index contributed by atoms with van der Waals surface area (Å²) in [4.78, 5) is 22.3. The van der Waals surface area contributed by atoms with Gasteiger partial charge in [-0.05, 0) is 25.2 Å². The van der Waals surface area contributed by atoms with E-state index < -0.39 is 5.97 Å². The van der Waals surface area contributed by atoms with Gasteiger partial charge in [-0.1, -0.05) is 13.3 Å². The number of urea groups is 1. The minimum Gasteiger partial charge on any atom is -0.481 e. The lowest BCUT2D eigenvalue weighted by Gasteiger charge is -2.17. The summed E-state index contributed by atoms with van der Waals surface area (Å²) in [7, 11) is 1.69. The molecule has 0 aliphatic heterocycles. The van der Waals surface area contributed by atoms with Crippen LogP contribution in [0.3, 0.4) is 0 Å². The number of rotatable bonds is 7. The number of carbonyl (C=O) groups excluding carboxylic acids is 1. The number of amides is 2. The summed E-state index contributed by atoms with van der Waals surface area (Å²) in [5.41, 5.74) is 0. The first-order valence-electron chi connectivity index (χ1n) is 6.84. The molecule has 0 spiro atoms. The van der Waals surface area contributed by atoms with Gasteiger partial charge in [-0.2, -0.15) is 0 Å². The van der Waals surface area contributed by atoms with Crippen LogP contribution in [0.15, 0.2) is 0 Å². The van der Waals surface area contributed by atoms with Crippen molar-refractivity contribution in [2.45, 2.75) is 51.2 Å². The van der Waals surface area contributed by atoms with Crippen LogP contribution in [0.4, 0.5) is 4.79 Å². The molecule has 0 aromatic carbocycles. The first kappa shape index (κ1) is 15.8. The number of carboxylic acid groups (broad SMARTS) is 1.